The van der Waals surface area contributed by atoms with E-state index in [1.807, 2.05) is 17.5 Å². The van der Waals surface area contributed by atoms with Gasteiger partial charge in [0, 0.05) is 16.6 Å². The van der Waals surface area contributed by atoms with E-state index in [-0.39, 0.29) is 35.0 Å². The standard InChI is InChI=1S/C16H12F3N7OS/c1-8-12(15(27)20-6-10-3-2-4-28-10)21-14-11(16(17,18)19)5-9(7-26(8)14)13-22-24-25-23-13/h2-5,7H,6H2,1H3,(H,20,27)(H,22,23,24,25). The highest BCUT2D eigenvalue weighted by atomic mass is 32.1. The van der Waals surface area contributed by atoms with Crippen LogP contribution in [0.15, 0.2) is 29.8 Å². The Morgan fingerprint density at radius 2 is 2.21 bits per heavy atom. The monoisotopic (exact) mass is 407 g/mol. The topological polar surface area (TPSA) is 101 Å². The number of pyridine rings is 1. The number of rotatable bonds is 4. The number of nitrogens with one attached hydrogen (secondary N) is 2. The largest absolute Gasteiger partial charge is 0.420 e. The van der Waals surface area contributed by atoms with E-state index in [0.717, 1.165) is 10.9 Å². The first-order chi connectivity index (χ1) is 13.3. The normalized spacial score (nSPS) is 11.9. The van der Waals surface area contributed by atoms with E-state index in [9.17, 15) is 18.0 Å². The number of hydrogen-bond donors (Lipinski definition) is 2. The van der Waals surface area contributed by atoms with E-state index in [4.69, 9.17) is 0 Å². The minimum absolute atomic E-state index is 0.00389. The predicted octanol–water partition coefficient (Wildman–Crippen LogP) is 2.83. The van der Waals surface area contributed by atoms with Gasteiger partial charge in [0.25, 0.3) is 5.91 Å². The molecule has 28 heavy (non-hydrogen) atoms. The summed E-state index contributed by atoms with van der Waals surface area (Å²) in [5.74, 6) is -0.548. The van der Waals surface area contributed by atoms with Crippen molar-refractivity contribution < 1.29 is 18.0 Å². The van der Waals surface area contributed by atoms with Crippen LogP contribution in [0.25, 0.3) is 17.0 Å². The zero-order valence-corrected chi connectivity index (χ0v) is 15.1. The number of carbonyl (C=O) groups is 1. The highest BCUT2D eigenvalue weighted by Crippen LogP contribution is 2.35. The lowest BCUT2D eigenvalue weighted by molar-refractivity contribution is -0.136. The quantitative estimate of drug-likeness (QED) is 0.542. The number of amides is 1. The summed E-state index contributed by atoms with van der Waals surface area (Å²) in [7, 11) is 0. The number of imidazole rings is 1. The molecule has 0 atom stereocenters. The van der Waals surface area contributed by atoms with Gasteiger partial charge in [-0.2, -0.15) is 18.4 Å². The number of aryl methyl sites for hydroxylation is 1. The van der Waals surface area contributed by atoms with Gasteiger partial charge in [-0.1, -0.05) is 6.07 Å². The molecule has 1 amide bonds. The Morgan fingerprint density at radius 3 is 2.86 bits per heavy atom. The number of nitrogens with zero attached hydrogens (tertiary/aromatic N) is 5. The summed E-state index contributed by atoms with van der Waals surface area (Å²) in [6.45, 7) is 1.80. The number of halogens is 3. The Labute approximate surface area is 159 Å². The van der Waals surface area contributed by atoms with Crippen molar-refractivity contribution in [3.05, 3.63) is 51.6 Å². The van der Waals surface area contributed by atoms with Gasteiger partial charge in [-0.05, 0) is 29.6 Å². The van der Waals surface area contributed by atoms with Gasteiger partial charge in [-0.15, -0.1) is 21.5 Å². The summed E-state index contributed by atoms with van der Waals surface area (Å²) < 4.78 is 42.0. The maximum Gasteiger partial charge on any atom is 0.420 e. The van der Waals surface area contributed by atoms with Crippen LogP contribution in [-0.4, -0.2) is 35.9 Å². The van der Waals surface area contributed by atoms with Crippen molar-refractivity contribution in [2.75, 3.05) is 0 Å². The molecule has 0 fully saturated rings. The lowest BCUT2D eigenvalue weighted by Gasteiger charge is -2.10. The van der Waals surface area contributed by atoms with Gasteiger partial charge in [0.2, 0.25) is 5.82 Å². The van der Waals surface area contributed by atoms with Gasteiger partial charge >= 0.3 is 6.18 Å². The van der Waals surface area contributed by atoms with E-state index >= 15 is 0 Å². The number of aromatic amines is 1. The minimum atomic E-state index is -4.68. The van der Waals surface area contributed by atoms with Gasteiger partial charge in [0.1, 0.15) is 11.3 Å². The summed E-state index contributed by atoms with van der Waals surface area (Å²) in [4.78, 5) is 17.4. The predicted molar refractivity (Wildman–Crippen MR) is 93.6 cm³/mol. The molecule has 0 bridgehead atoms. The van der Waals surface area contributed by atoms with E-state index in [1.54, 1.807) is 0 Å². The molecular formula is C16H12F3N7OS. The Balaban J connectivity index is 1.79. The number of tetrazole rings is 1. The molecule has 0 aliphatic heterocycles. The molecule has 144 valence electrons. The second-order valence-electron chi connectivity index (χ2n) is 5.88. The van der Waals surface area contributed by atoms with Crippen LogP contribution in [0.3, 0.4) is 0 Å². The number of hydrogen-bond acceptors (Lipinski definition) is 6. The Kier molecular flexibility index (Phi) is 4.34. The third-order valence-electron chi connectivity index (χ3n) is 4.09. The van der Waals surface area contributed by atoms with E-state index < -0.39 is 17.6 Å². The highest BCUT2D eigenvalue weighted by molar-refractivity contribution is 7.09. The smallest absolute Gasteiger partial charge is 0.346 e. The first-order valence-electron chi connectivity index (χ1n) is 7.99. The van der Waals surface area contributed by atoms with Crippen LogP contribution in [-0.2, 0) is 12.7 Å². The average molecular weight is 407 g/mol. The summed E-state index contributed by atoms with van der Waals surface area (Å²) in [6, 6.07) is 4.58. The van der Waals surface area contributed by atoms with Gasteiger partial charge < -0.3 is 9.72 Å². The zero-order valence-electron chi connectivity index (χ0n) is 14.3. The van der Waals surface area contributed by atoms with Crippen molar-refractivity contribution in [3.8, 4) is 11.4 Å². The molecule has 0 radical (unpaired) electrons. The maximum absolute atomic E-state index is 13.6. The number of fused-ring (bicyclic) bond motifs is 1. The molecule has 8 nitrogen and oxygen atoms in total. The van der Waals surface area contributed by atoms with Crippen molar-refractivity contribution in [2.45, 2.75) is 19.6 Å². The van der Waals surface area contributed by atoms with Crippen LogP contribution < -0.4 is 5.32 Å². The van der Waals surface area contributed by atoms with Crippen LogP contribution in [0, 0.1) is 6.92 Å². The van der Waals surface area contributed by atoms with Crippen molar-refractivity contribution in [2.24, 2.45) is 0 Å². The number of thiophene rings is 1. The number of aromatic nitrogens is 6. The average Bonchev–Trinajstić information content (AvgIpc) is 3.40. The van der Waals surface area contributed by atoms with Crippen LogP contribution in [0.1, 0.15) is 26.6 Å². The second-order valence-corrected chi connectivity index (χ2v) is 6.91. The third-order valence-corrected chi connectivity index (χ3v) is 4.96. The first kappa shape index (κ1) is 18.1. The molecule has 0 unspecified atom stereocenters. The Bertz CT molecular complexity index is 1130. The van der Waals surface area contributed by atoms with Crippen molar-refractivity contribution >= 4 is 22.9 Å². The molecule has 4 aromatic heterocycles. The van der Waals surface area contributed by atoms with Crippen molar-refractivity contribution in [1.29, 1.82) is 0 Å². The zero-order chi connectivity index (χ0) is 19.9. The molecule has 0 aliphatic carbocycles. The summed E-state index contributed by atoms with van der Waals surface area (Å²) in [6.07, 6.45) is -3.28. The molecule has 2 N–H and O–H groups in total. The first-order valence-corrected chi connectivity index (χ1v) is 8.87. The van der Waals surface area contributed by atoms with Crippen molar-refractivity contribution in [3.63, 3.8) is 0 Å². The van der Waals surface area contributed by atoms with Crippen LogP contribution in [0.5, 0.6) is 0 Å². The van der Waals surface area contributed by atoms with Gasteiger partial charge in [-0.3, -0.25) is 4.79 Å². The van der Waals surface area contributed by atoms with E-state index in [0.29, 0.717) is 0 Å². The van der Waals surface area contributed by atoms with Crippen LogP contribution in [0.4, 0.5) is 13.2 Å². The van der Waals surface area contributed by atoms with Crippen molar-refractivity contribution in [1.82, 2.24) is 35.3 Å². The molecule has 0 aliphatic rings. The highest BCUT2D eigenvalue weighted by Gasteiger charge is 2.36. The molecule has 12 heteroatoms. The maximum atomic E-state index is 13.6. The fraction of sp³-hybridized carbons (Fsp3) is 0.188. The Morgan fingerprint density at radius 1 is 1.39 bits per heavy atom. The molecule has 4 rings (SSSR count). The van der Waals surface area contributed by atoms with E-state index in [2.05, 4.69) is 30.9 Å². The summed E-state index contributed by atoms with van der Waals surface area (Å²) in [5.41, 5.74) is -1.06. The summed E-state index contributed by atoms with van der Waals surface area (Å²) >= 11 is 1.46. The second kappa shape index (κ2) is 6.71. The fourth-order valence-corrected chi connectivity index (χ4v) is 3.40. The third kappa shape index (κ3) is 3.22. The fourth-order valence-electron chi connectivity index (χ4n) is 2.75. The molecule has 4 aromatic rings. The lowest BCUT2D eigenvalue weighted by atomic mass is 10.1. The lowest BCUT2D eigenvalue weighted by Crippen LogP contribution is -2.23. The number of carbonyl (C=O) groups excluding carboxylic acids is 1. The molecule has 0 saturated carbocycles. The summed E-state index contributed by atoms with van der Waals surface area (Å²) in [5, 5.41) is 17.6. The van der Waals surface area contributed by atoms with Crippen LogP contribution >= 0.6 is 11.3 Å². The molecular weight excluding hydrogens is 395 g/mol. The van der Waals surface area contributed by atoms with Gasteiger partial charge in [-0.25, -0.2) is 4.98 Å². The number of alkyl halides is 3. The Hall–Kier alpha value is -3.28. The SMILES string of the molecule is Cc1c(C(=O)NCc2cccs2)nc2c(C(F)(F)F)cc(-c3nn[nH]n3)cn12. The van der Waals surface area contributed by atoms with E-state index in [1.165, 1.54) is 28.9 Å². The minimum Gasteiger partial charge on any atom is -0.346 e. The molecule has 4 heterocycles. The van der Waals surface area contributed by atoms with Gasteiger partial charge in [0.15, 0.2) is 0 Å². The molecule has 0 aromatic carbocycles. The number of H-pyrrole nitrogens is 1. The van der Waals surface area contributed by atoms with Gasteiger partial charge in [0.05, 0.1) is 17.8 Å². The van der Waals surface area contributed by atoms with Crippen LogP contribution in [0.2, 0.25) is 0 Å². The molecule has 0 spiro atoms. The molecule has 0 saturated heterocycles.